The number of oxime groups is 1. The number of nitrogens with two attached hydrogens (primary N) is 1. The van der Waals surface area contributed by atoms with Crippen LogP contribution in [-0.4, -0.2) is 37.3 Å². The molecule has 0 radical (unpaired) electrons. The zero-order valence-electron chi connectivity index (χ0n) is 10.9. The van der Waals surface area contributed by atoms with E-state index in [-0.39, 0.29) is 17.2 Å². The Kier molecular flexibility index (Phi) is 3.60. The fourth-order valence-corrected chi connectivity index (χ4v) is 1.59. The average Bonchev–Trinajstić information content (AvgIpc) is 2.88. The smallest absolute Gasteiger partial charge is 0.258 e. The van der Waals surface area contributed by atoms with Crippen molar-refractivity contribution in [3.63, 3.8) is 0 Å². The summed E-state index contributed by atoms with van der Waals surface area (Å²) in [5, 5.41) is 28.1. The fraction of sp³-hybridized carbons (Fsp3) is 0.182. The number of carbonyl (C=O) groups excluding carboxylic acids is 1. The molecule has 2 aromatic heterocycles. The minimum Gasteiger partial charge on any atom is -0.409 e. The third kappa shape index (κ3) is 2.55. The zero-order chi connectivity index (χ0) is 14.7. The number of carbonyl (C=O) groups is 1. The van der Waals surface area contributed by atoms with Crippen LogP contribution in [-0.2, 0) is 0 Å². The molecule has 9 nitrogen and oxygen atoms in total. The first-order valence-electron chi connectivity index (χ1n) is 5.66. The maximum absolute atomic E-state index is 12.2. The molecule has 0 aliphatic heterocycles. The molecule has 0 atom stereocenters. The summed E-state index contributed by atoms with van der Waals surface area (Å²) in [7, 11) is 0. The number of nitrogens with zero attached hydrogens (tertiary/aromatic N) is 4. The van der Waals surface area contributed by atoms with Crippen LogP contribution in [0.3, 0.4) is 0 Å². The predicted octanol–water partition coefficient (Wildman–Crippen LogP) is 0.163. The van der Waals surface area contributed by atoms with Gasteiger partial charge in [0.15, 0.2) is 5.84 Å². The largest absolute Gasteiger partial charge is 0.409 e. The summed E-state index contributed by atoms with van der Waals surface area (Å²) in [5.74, 6) is -0.314. The van der Waals surface area contributed by atoms with Gasteiger partial charge in [-0.05, 0) is 19.9 Å². The first kappa shape index (κ1) is 13.5. The molecule has 9 heteroatoms. The molecule has 104 valence electrons. The number of amidine groups is 1. The molecule has 2 heterocycles. The SMILES string of the molecule is Cc1cc(C(=O)Nc2[nH]ncc2/C(N)=N/O)c(C)nn1. The number of anilines is 1. The number of nitrogens with one attached hydrogen (secondary N) is 2. The topological polar surface area (TPSA) is 142 Å². The Labute approximate surface area is 113 Å². The monoisotopic (exact) mass is 275 g/mol. The maximum atomic E-state index is 12.2. The van der Waals surface area contributed by atoms with Crippen LogP contribution < -0.4 is 11.1 Å². The summed E-state index contributed by atoms with van der Waals surface area (Å²) >= 11 is 0. The number of hydrogen-bond donors (Lipinski definition) is 4. The van der Waals surface area contributed by atoms with Gasteiger partial charge in [-0.25, -0.2) is 0 Å². The summed E-state index contributed by atoms with van der Waals surface area (Å²) in [5.41, 5.74) is 7.28. The first-order valence-corrected chi connectivity index (χ1v) is 5.66. The van der Waals surface area contributed by atoms with E-state index in [4.69, 9.17) is 10.9 Å². The normalized spacial score (nSPS) is 11.4. The molecule has 0 aliphatic carbocycles. The number of aromatic amines is 1. The highest BCUT2D eigenvalue weighted by atomic mass is 16.4. The van der Waals surface area contributed by atoms with E-state index < -0.39 is 5.91 Å². The highest BCUT2D eigenvalue weighted by Crippen LogP contribution is 2.13. The molecular weight excluding hydrogens is 262 g/mol. The number of hydrogen-bond acceptors (Lipinski definition) is 6. The van der Waals surface area contributed by atoms with Crippen LogP contribution >= 0.6 is 0 Å². The lowest BCUT2D eigenvalue weighted by atomic mass is 10.2. The lowest BCUT2D eigenvalue weighted by Gasteiger charge is -2.07. The predicted molar refractivity (Wildman–Crippen MR) is 70.6 cm³/mol. The molecule has 0 bridgehead atoms. The van der Waals surface area contributed by atoms with Gasteiger partial charge in [0.05, 0.1) is 28.7 Å². The van der Waals surface area contributed by atoms with Crippen LogP contribution in [0.2, 0.25) is 0 Å². The van der Waals surface area contributed by atoms with Crippen molar-refractivity contribution in [2.45, 2.75) is 13.8 Å². The van der Waals surface area contributed by atoms with Crippen LogP contribution in [0, 0.1) is 13.8 Å². The van der Waals surface area contributed by atoms with Gasteiger partial charge < -0.3 is 16.3 Å². The third-order valence-corrected chi connectivity index (χ3v) is 2.61. The van der Waals surface area contributed by atoms with Gasteiger partial charge in [0.2, 0.25) is 0 Å². The molecule has 0 aliphatic rings. The number of rotatable bonds is 3. The van der Waals surface area contributed by atoms with E-state index in [1.54, 1.807) is 19.9 Å². The molecule has 0 spiro atoms. The van der Waals surface area contributed by atoms with Crippen LogP contribution in [0.1, 0.15) is 27.3 Å². The van der Waals surface area contributed by atoms with Gasteiger partial charge in [0.1, 0.15) is 5.82 Å². The molecule has 5 N–H and O–H groups in total. The number of amides is 1. The molecule has 2 rings (SSSR count). The van der Waals surface area contributed by atoms with Gasteiger partial charge in [-0.1, -0.05) is 5.16 Å². The van der Waals surface area contributed by atoms with Crippen molar-refractivity contribution >= 4 is 17.6 Å². The van der Waals surface area contributed by atoms with Crippen molar-refractivity contribution in [3.05, 3.63) is 34.8 Å². The lowest BCUT2D eigenvalue weighted by Crippen LogP contribution is -2.19. The third-order valence-electron chi connectivity index (χ3n) is 2.61. The summed E-state index contributed by atoms with van der Waals surface area (Å²) in [6.45, 7) is 3.42. The van der Waals surface area contributed by atoms with E-state index in [0.29, 0.717) is 17.0 Å². The first-order chi connectivity index (χ1) is 9.52. The van der Waals surface area contributed by atoms with Crippen LogP contribution in [0.25, 0.3) is 0 Å². The van der Waals surface area contributed by atoms with E-state index in [1.165, 1.54) is 6.20 Å². The van der Waals surface area contributed by atoms with Crippen LogP contribution in [0.5, 0.6) is 0 Å². The van der Waals surface area contributed by atoms with Crippen molar-refractivity contribution in [1.29, 1.82) is 0 Å². The minimum atomic E-state index is -0.392. The molecule has 0 aromatic carbocycles. The van der Waals surface area contributed by atoms with Crippen molar-refractivity contribution in [3.8, 4) is 0 Å². The van der Waals surface area contributed by atoms with E-state index in [9.17, 15) is 4.79 Å². The second-order valence-corrected chi connectivity index (χ2v) is 4.08. The van der Waals surface area contributed by atoms with Gasteiger partial charge in [0.25, 0.3) is 5.91 Å². The van der Waals surface area contributed by atoms with Gasteiger partial charge in [-0.3, -0.25) is 9.89 Å². The van der Waals surface area contributed by atoms with Gasteiger partial charge >= 0.3 is 0 Å². The van der Waals surface area contributed by atoms with Crippen molar-refractivity contribution in [2.24, 2.45) is 10.9 Å². The van der Waals surface area contributed by atoms with Gasteiger partial charge in [-0.15, -0.1) is 0 Å². The van der Waals surface area contributed by atoms with Crippen molar-refractivity contribution in [1.82, 2.24) is 20.4 Å². The van der Waals surface area contributed by atoms with Gasteiger partial charge in [-0.2, -0.15) is 15.3 Å². The Bertz CT molecular complexity index is 677. The number of aryl methyl sites for hydroxylation is 2. The molecule has 0 saturated carbocycles. The summed E-state index contributed by atoms with van der Waals surface area (Å²) < 4.78 is 0. The quantitative estimate of drug-likeness (QED) is 0.272. The fourth-order valence-electron chi connectivity index (χ4n) is 1.59. The maximum Gasteiger partial charge on any atom is 0.258 e. The molecule has 0 saturated heterocycles. The second kappa shape index (κ2) is 5.34. The summed E-state index contributed by atoms with van der Waals surface area (Å²) in [6.07, 6.45) is 1.34. The summed E-state index contributed by atoms with van der Waals surface area (Å²) in [4.78, 5) is 12.2. The average molecular weight is 275 g/mol. The Morgan fingerprint density at radius 3 is 2.85 bits per heavy atom. The van der Waals surface area contributed by atoms with Gasteiger partial charge in [0, 0.05) is 0 Å². The van der Waals surface area contributed by atoms with E-state index >= 15 is 0 Å². The molecular formula is C11H13N7O2. The van der Waals surface area contributed by atoms with Crippen molar-refractivity contribution < 1.29 is 10.0 Å². The molecule has 1 amide bonds. The highest BCUT2D eigenvalue weighted by molar-refractivity contribution is 6.09. The Balaban J connectivity index is 2.29. The van der Waals surface area contributed by atoms with Crippen LogP contribution in [0.4, 0.5) is 5.82 Å². The molecule has 20 heavy (non-hydrogen) atoms. The Hall–Kier alpha value is -2.97. The zero-order valence-corrected chi connectivity index (χ0v) is 10.9. The van der Waals surface area contributed by atoms with Crippen LogP contribution in [0.15, 0.2) is 17.4 Å². The Morgan fingerprint density at radius 2 is 2.15 bits per heavy atom. The second-order valence-electron chi connectivity index (χ2n) is 4.08. The molecule has 2 aromatic rings. The Morgan fingerprint density at radius 1 is 1.40 bits per heavy atom. The highest BCUT2D eigenvalue weighted by Gasteiger charge is 2.16. The number of aromatic nitrogens is 4. The number of H-pyrrole nitrogens is 1. The molecule has 0 fully saturated rings. The minimum absolute atomic E-state index is 0.158. The summed E-state index contributed by atoms with van der Waals surface area (Å²) in [6, 6.07) is 1.62. The van der Waals surface area contributed by atoms with E-state index in [1.807, 2.05) is 0 Å². The molecule has 0 unspecified atom stereocenters. The van der Waals surface area contributed by atoms with E-state index in [2.05, 4.69) is 30.9 Å². The van der Waals surface area contributed by atoms with Crippen molar-refractivity contribution in [2.75, 3.05) is 5.32 Å². The standard InChI is InChI=1S/C11H13N7O2/c1-5-3-7(6(2)16-15-5)11(19)14-10-8(4-13-17-10)9(12)18-20/h3-4,20H,1-2H3,(H2,12,18)(H2,13,14,17,19). The lowest BCUT2D eigenvalue weighted by molar-refractivity contribution is 0.102. The van der Waals surface area contributed by atoms with E-state index in [0.717, 1.165) is 0 Å².